The summed E-state index contributed by atoms with van der Waals surface area (Å²) in [4.78, 5) is 0. The van der Waals surface area contributed by atoms with Gasteiger partial charge in [0.1, 0.15) is 0 Å². The van der Waals surface area contributed by atoms with Crippen LogP contribution >= 0.6 is 0 Å². The maximum atomic E-state index is 5.68. The van der Waals surface area contributed by atoms with E-state index in [0.29, 0.717) is 5.41 Å². The smallest absolute Gasteiger partial charge is 0.00316 e. The molecular weight excluding hydrogens is 170 g/mol. The number of rotatable bonds is 3. The zero-order valence-electron chi connectivity index (χ0n) is 9.14. The Balaban J connectivity index is 2.35. The minimum Gasteiger partial charge on any atom is -0.330 e. The molecule has 1 aliphatic rings. The van der Waals surface area contributed by atoms with Gasteiger partial charge in [0.2, 0.25) is 0 Å². The molecule has 0 heterocycles. The average molecular weight is 189 g/mol. The molecule has 76 valence electrons. The summed E-state index contributed by atoms with van der Waals surface area (Å²) in [5, 5.41) is 0. The summed E-state index contributed by atoms with van der Waals surface area (Å²) in [6.45, 7) is 5.19. The van der Waals surface area contributed by atoms with Crippen LogP contribution in [0.25, 0.3) is 0 Å². The zero-order valence-corrected chi connectivity index (χ0v) is 9.14. The maximum Gasteiger partial charge on any atom is -0.00316 e. The van der Waals surface area contributed by atoms with Crippen LogP contribution in [0.1, 0.15) is 36.0 Å². The van der Waals surface area contributed by atoms with Crippen LogP contribution in [0.5, 0.6) is 0 Å². The first-order valence-electron chi connectivity index (χ1n) is 5.46. The molecule has 1 aliphatic carbocycles. The van der Waals surface area contributed by atoms with Crippen LogP contribution in [-0.2, 0) is 5.41 Å². The van der Waals surface area contributed by atoms with Gasteiger partial charge in [-0.05, 0) is 56.2 Å². The van der Waals surface area contributed by atoms with Crippen LogP contribution in [0.4, 0.5) is 0 Å². The van der Waals surface area contributed by atoms with Gasteiger partial charge in [0.25, 0.3) is 0 Å². The molecule has 0 bridgehead atoms. The van der Waals surface area contributed by atoms with Crippen molar-refractivity contribution in [3.63, 3.8) is 0 Å². The first kappa shape index (κ1) is 9.72. The second-order valence-corrected chi connectivity index (χ2v) is 4.64. The van der Waals surface area contributed by atoms with E-state index in [-0.39, 0.29) is 0 Å². The highest BCUT2D eigenvalue weighted by atomic mass is 14.6. The lowest BCUT2D eigenvalue weighted by Gasteiger charge is -2.17. The van der Waals surface area contributed by atoms with E-state index in [2.05, 4.69) is 32.0 Å². The Labute approximate surface area is 86.3 Å². The molecule has 0 spiro atoms. The van der Waals surface area contributed by atoms with E-state index >= 15 is 0 Å². The van der Waals surface area contributed by atoms with Crippen LogP contribution < -0.4 is 5.73 Å². The lowest BCUT2D eigenvalue weighted by molar-refractivity contribution is 0.625. The Hall–Kier alpha value is -0.820. The Bertz CT molecular complexity index is 337. The summed E-state index contributed by atoms with van der Waals surface area (Å²) >= 11 is 0. The highest BCUT2D eigenvalue weighted by Crippen LogP contribution is 2.51. The molecule has 0 amide bonds. The fourth-order valence-electron chi connectivity index (χ4n) is 2.39. The van der Waals surface area contributed by atoms with E-state index in [9.17, 15) is 0 Å². The summed E-state index contributed by atoms with van der Waals surface area (Å²) in [7, 11) is 0. The molecular formula is C13H19N. The molecule has 1 nitrogen and oxygen atoms in total. The second-order valence-electron chi connectivity index (χ2n) is 4.64. The van der Waals surface area contributed by atoms with Crippen molar-refractivity contribution in [3.8, 4) is 0 Å². The van der Waals surface area contributed by atoms with Gasteiger partial charge in [-0.25, -0.2) is 0 Å². The van der Waals surface area contributed by atoms with E-state index in [4.69, 9.17) is 5.73 Å². The van der Waals surface area contributed by atoms with E-state index < -0.39 is 0 Å². The van der Waals surface area contributed by atoms with Crippen molar-refractivity contribution in [2.24, 2.45) is 5.73 Å². The van der Waals surface area contributed by atoms with Gasteiger partial charge < -0.3 is 5.73 Å². The predicted octanol–water partition coefficient (Wildman–Crippen LogP) is 2.68. The fraction of sp³-hybridized carbons (Fsp3) is 0.538. The molecule has 1 heteroatoms. The monoisotopic (exact) mass is 189 g/mol. The molecule has 0 atom stereocenters. The molecule has 0 radical (unpaired) electrons. The van der Waals surface area contributed by atoms with Crippen LogP contribution in [-0.4, -0.2) is 6.54 Å². The first-order valence-corrected chi connectivity index (χ1v) is 5.46. The molecule has 0 unspecified atom stereocenters. The minimum absolute atomic E-state index is 0.449. The lowest BCUT2D eigenvalue weighted by Crippen LogP contribution is -2.14. The van der Waals surface area contributed by atoms with Gasteiger partial charge >= 0.3 is 0 Å². The molecule has 0 aromatic heterocycles. The summed E-state index contributed by atoms with van der Waals surface area (Å²) < 4.78 is 0. The van der Waals surface area contributed by atoms with Crippen molar-refractivity contribution >= 4 is 0 Å². The van der Waals surface area contributed by atoms with Crippen molar-refractivity contribution in [3.05, 3.63) is 34.9 Å². The van der Waals surface area contributed by atoms with Crippen LogP contribution in [0, 0.1) is 13.8 Å². The van der Waals surface area contributed by atoms with Crippen molar-refractivity contribution in [2.45, 2.75) is 38.5 Å². The summed E-state index contributed by atoms with van der Waals surface area (Å²) in [5.41, 5.74) is 10.5. The van der Waals surface area contributed by atoms with Crippen molar-refractivity contribution in [1.82, 2.24) is 0 Å². The quantitative estimate of drug-likeness (QED) is 0.777. The Morgan fingerprint density at radius 2 is 2.00 bits per heavy atom. The Morgan fingerprint density at radius 3 is 2.57 bits per heavy atom. The van der Waals surface area contributed by atoms with E-state index in [1.54, 1.807) is 5.56 Å². The van der Waals surface area contributed by atoms with Crippen molar-refractivity contribution < 1.29 is 0 Å². The molecule has 2 rings (SSSR count). The Morgan fingerprint density at radius 1 is 1.29 bits per heavy atom. The molecule has 1 saturated carbocycles. The third-order valence-electron chi connectivity index (χ3n) is 3.44. The highest BCUT2D eigenvalue weighted by molar-refractivity contribution is 5.40. The molecule has 14 heavy (non-hydrogen) atoms. The molecule has 1 aromatic carbocycles. The van der Waals surface area contributed by atoms with E-state index in [0.717, 1.165) is 13.0 Å². The minimum atomic E-state index is 0.449. The molecule has 0 saturated heterocycles. The van der Waals surface area contributed by atoms with E-state index in [1.165, 1.54) is 24.0 Å². The second kappa shape index (κ2) is 3.39. The van der Waals surface area contributed by atoms with Gasteiger partial charge in [-0.1, -0.05) is 23.8 Å². The first-order chi connectivity index (χ1) is 6.68. The lowest BCUT2D eigenvalue weighted by atomic mass is 9.88. The number of hydrogen-bond acceptors (Lipinski definition) is 1. The topological polar surface area (TPSA) is 26.0 Å². The van der Waals surface area contributed by atoms with Gasteiger partial charge in [0.15, 0.2) is 0 Å². The van der Waals surface area contributed by atoms with Crippen LogP contribution in [0.15, 0.2) is 18.2 Å². The van der Waals surface area contributed by atoms with Gasteiger partial charge in [-0.15, -0.1) is 0 Å². The standard InChI is InChI=1S/C13H19N/c1-10-3-4-11(2)12(9-10)13(5-6-13)7-8-14/h3-4,9H,5-8,14H2,1-2H3. The van der Waals surface area contributed by atoms with Gasteiger partial charge in [-0.2, -0.15) is 0 Å². The number of benzene rings is 1. The van der Waals surface area contributed by atoms with Crippen molar-refractivity contribution in [1.29, 1.82) is 0 Å². The third kappa shape index (κ3) is 1.57. The largest absolute Gasteiger partial charge is 0.330 e. The normalized spacial score (nSPS) is 18.2. The summed E-state index contributed by atoms with van der Waals surface area (Å²) in [6.07, 6.45) is 3.81. The fourth-order valence-corrected chi connectivity index (χ4v) is 2.39. The summed E-state index contributed by atoms with van der Waals surface area (Å²) in [5.74, 6) is 0. The number of aryl methyl sites for hydroxylation is 2. The van der Waals surface area contributed by atoms with Gasteiger partial charge in [0, 0.05) is 0 Å². The Kier molecular flexibility index (Phi) is 2.36. The SMILES string of the molecule is Cc1ccc(C)c(C2(CCN)CC2)c1. The predicted molar refractivity (Wildman–Crippen MR) is 60.5 cm³/mol. The van der Waals surface area contributed by atoms with Crippen LogP contribution in [0.3, 0.4) is 0 Å². The zero-order chi connectivity index (χ0) is 10.2. The molecule has 1 fully saturated rings. The summed E-state index contributed by atoms with van der Waals surface area (Å²) in [6, 6.07) is 6.77. The maximum absolute atomic E-state index is 5.68. The molecule has 2 N–H and O–H groups in total. The number of hydrogen-bond donors (Lipinski definition) is 1. The third-order valence-corrected chi connectivity index (χ3v) is 3.44. The molecule has 1 aromatic rings. The van der Waals surface area contributed by atoms with Crippen LogP contribution in [0.2, 0.25) is 0 Å². The van der Waals surface area contributed by atoms with Crippen molar-refractivity contribution in [2.75, 3.05) is 6.54 Å². The highest BCUT2D eigenvalue weighted by Gasteiger charge is 2.43. The van der Waals surface area contributed by atoms with Gasteiger partial charge in [0.05, 0.1) is 0 Å². The van der Waals surface area contributed by atoms with E-state index in [1.807, 2.05) is 0 Å². The van der Waals surface area contributed by atoms with Gasteiger partial charge in [-0.3, -0.25) is 0 Å². The average Bonchev–Trinajstić information content (AvgIpc) is 2.91. The number of nitrogens with two attached hydrogens (primary N) is 1. The molecule has 0 aliphatic heterocycles.